The average molecular weight is 363 g/mol. The fraction of sp³-hybridized carbons (Fsp3) is 0.286. The van der Waals surface area contributed by atoms with Crippen LogP contribution >= 0.6 is 0 Å². The Kier molecular flexibility index (Phi) is 4.87. The number of benzene rings is 1. The third-order valence-corrected chi connectivity index (χ3v) is 4.59. The van der Waals surface area contributed by atoms with Gasteiger partial charge in [0, 0.05) is 17.1 Å². The van der Waals surface area contributed by atoms with Gasteiger partial charge in [0.05, 0.1) is 19.2 Å². The van der Waals surface area contributed by atoms with E-state index >= 15 is 0 Å². The molecule has 0 unspecified atom stereocenters. The van der Waals surface area contributed by atoms with Gasteiger partial charge in [-0.25, -0.2) is 9.97 Å². The summed E-state index contributed by atoms with van der Waals surface area (Å²) >= 11 is 0. The van der Waals surface area contributed by atoms with Crippen LogP contribution in [-0.2, 0) is 28.8 Å². The highest BCUT2D eigenvalue weighted by molar-refractivity contribution is 5.73. The van der Waals surface area contributed by atoms with E-state index in [1.807, 2.05) is 37.3 Å². The lowest BCUT2D eigenvalue weighted by Crippen LogP contribution is -2.07. The molecule has 0 amide bonds. The molecule has 0 spiro atoms. The van der Waals surface area contributed by atoms with Crippen molar-refractivity contribution in [2.45, 2.75) is 32.6 Å². The minimum atomic E-state index is -0.208. The summed E-state index contributed by atoms with van der Waals surface area (Å²) in [5, 5.41) is 3.49. The Morgan fingerprint density at radius 2 is 2.11 bits per heavy atom. The summed E-state index contributed by atoms with van der Waals surface area (Å²) in [6.45, 7) is 2.21. The number of nitrogens with zero attached hydrogens (tertiary/aromatic N) is 2. The van der Waals surface area contributed by atoms with Crippen molar-refractivity contribution in [1.82, 2.24) is 9.97 Å². The van der Waals surface area contributed by atoms with Crippen molar-refractivity contribution in [3.63, 3.8) is 0 Å². The number of hydrogen-bond acceptors (Lipinski definition) is 6. The molecule has 6 nitrogen and oxygen atoms in total. The van der Waals surface area contributed by atoms with Gasteiger partial charge < -0.3 is 14.5 Å². The molecule has 27 heavy (non-hydrogen) atoms. The number of nitrogens with one attached hydrogen (secondary N) is 1. The van der Waals surface area contributed by atoms with Crippen molar-refractivity contribution in [3.8, 4) is 11.6 Å². The number of carbonyl (C=O) groups is 1. The van der Waals surface area contributed by atoms with Gasteiger partial charge in [0.2, 0.25) is 5.89 Å². The number of carbonyl (C=O) groups excluding carboxylic acids is 1. The van der Waals surface area contributed by atoms with Gasteiger partial charge in [-0.15, -0.1) is 0 Å². The molecular weight excluding hydrogens is 342 g/mol. The molecule has 4 rings (SSSR count). The molecule has 2 aromatic heterocycles. The summed E-state index contributed by atoms with van der Waals surface area (Å²) in [4.78, 5) is 20.5. The van der Waals surface area contributed by atoms with Crippen LogP contribution in [0.2, 0.25) is 0 Å². The Bertz CT molecular complexity index is 934. The summed E-state index contributed by atoms with van der Waals surface area (Å²) in [5.74, 6) is 0.318. The smallest absolute Gasteiger partial charge is 0.310 e. The van der Waals surface area contributed by atoms with Crippen LogP contribution in [0, 0.1) is 0 Å². The number of rotatable bonds is 6. The first-order chi connectivity index (χ1) is 13.2. The van der Waals surface area contributed by atoms with Crippen LogP contribution in [0.4, 0.5) is 11.4 Å². The Morgan fingerprint density at radius 1 is 1.26 bits per heavy atom. The predicted octanol–water partition coefficient (Wildman–Crippen LogP) is 4.07. The van der Waals surface area contributed by atoms with Crippen LogP contribution in [0.15, 0.2) is 47.2 Å². The number of aromatic nitrogens is 2. The molecular formula is C21H21N3O3. The van der Waals surface area contributed by atoms with Crippen molar-refractivity contribution in [2.75, 3.05) is 11.9 Å². The van der Waals surface area contributed by atoms with Gasteiger partial charge in [-0.05, 0) is 55.5 Å². The molecule has 138 valence electrons. The van der Waals surface area contributed by atoms with E-state index in [2.05, 4.69) is 10.3 Å². The van der Waals surface area contributed by atoms with Crippen LogP contribution in [-0.4, -0.2) is 22.5 Å². The first-order valence-electron chi connectivity index (χ1n) is 9.17. The molecule has 0 fully saturated rings. The molecule has 0 atom stereocenters. The second kappa shape index (κ2) is 7.61. The quantitative estimate of drug-likeness (QED) is 0.665. The summed E-state index contributed by atoms with van der Waals surface area (Å²) in [6.07, 6.45) is 6.55. The number of pyridine rings is 1. The van der Waals surface area contributed by atoms with E-state index in [4.69, 9.17) is 14.1 Å². The molecule has 0 aliphatic heterocycles. The minimum absolute atomic E-state index is 0.208. The van der Waals surface area contributed by atoms with E-state index in [1.54, 1.807) is 12.5 Å². The zero-order valence-electron chi connectivity index (χ0n) is 15.2. The SMILES string of the molecule is CCOC(=O)Cc1ccc(Nc2cc(-c3ncco3)nc3c2CCC3)cc1. The monoisotopic (exact) mass is 363 g/mol. The van der Waals surface area contributed by atoms with Gasteiger partial charge >= 0.3 is 5.97 Å². The van der Waals surface area contributed by atoms with E-state index in [9.17, 15) is 4.79 Å². The normalized spacial score (nSPS) is 12.6. The van der Waals surface area contributed by atoms with Crippen LogP contribution in [0.5, 0.6) is 0 Å². The van der Waals surface area contributed by atoms with Crippen LogP contribution in [0.25, 0.3) is 11.6 Å². The Balaban J connectivity index is 1.56. The molecule has 0 saturated heterocycles. The van der Waals surface area contributed by atoms with E-state index in [0.717, 1.165) is 47.6 Å². The highest BCUT2D eigenvalue weighted by atomic mass is 16.5. The van der Waals surface area contributed by atoms with Gasteiger partial charge in [-0.3, -0.25) is 4.79 Å². The zero-order chi connectivity index (χ0) is 18.6. The fourth-order valence-corrected chi connectivity index (χ4v) is 3.35. The lowest BCUT2D eigenvalue weighted by Gasteiger charge is -2.13. The van der Waals surface area contributed by atoms with Crippen LogP contribution in [0.3, 0.4) is 0 Å². The van der Waals surface area contributed by atoms with Crippen molar-refractivity contribution in [1.29, 1.82) is 0 Å². The molecule has 1 aliphatic carbocycles. The lowest BCUT2D eigenvalue weighted by molar-refractivity contribution is -0.142. The summed E-state index contributed by atoms with van der Waals surface area (Å²) in [5.41, 5.74) is 6.01. The largest absolute Gasteiger partial charge is 0.466 e. The van der Waals surface area contributed by atoms with Crippen LogP contribution < -0.4 is 5.32 Å². The molecule has 0 bridgehead atoms. The second-order valence-corrected chi connectivity index (χ2v) is 6.47. The van der Waals surface area contributed by atoms with Gasteiger partial charge in [0.1, 0.15) is 12.0 Å². The summed E-state index contributed by atoms with van der Waals surface area (Å²) < 4.78 is 10.4. The topological polar surface area (TPSA) is 77.2 Å². The molecule has 3 aromatic rings. The number of ether oxygens (including phenoxy) is 1. The predicted molar refractivity (Wildman–Crippen MR) is 102 cm³/mol. The number of oxazole rings is 1. The number of aryl methyl sites for hydroxylation is 1. The minimum Gasteiger partial charge on any atom is -0.466 e. The third kappa shape index (κ3) is 3.84. The lowest BCUT2D eigenvalue weighted by atomic mass is 10.1. The zero-order valence-corrected chi connectivity index (χ0v) is 15.2. The van der Waals surface area contributed by atoms with E-state index in [0.29, 0.717) is 12.5 Å². The maximum Gasteiger partial charge on any atom is 0.310 e. The average Bonchev–Trinajstić information content (AvgIpc) is 3.35. The number of fused-ring (bicyclic) bond motifs is 1. The Hall–Kier alpha value is -3.15. The molecule has 0 saturated carbocycles. The third-order valence-electron chi connectivity index (χ3n) is 4.59. The molecule has 0 radical (unpaired) electrons. The number of esters is 1. The van der Waals surface area contributed by atoms with Gasteiger partial charge in [-0.2, -0.15) is 0 Å². The van der Waals surface area contributed by atoms with E-state index in [1.165, 1.54) is 5.56 Å². The summed E-state index contributed by atoms with van der Waals surface area (Å²) in [6, 6.07) is 9.82. The molecule has 1 N–H and O–H groups in total. The van der Waals surface area contributed by atoms with Crippen molar-refractivity contribution in [3.05, 3.63) is 59.6 Å². The van der Waals surface area contributed by atoms with Crippen LogP contribution in [0.1, 0.15) is 30.2 Å². The molecule has 2 heterocycles. The van der Waals surface area contributed by atoms with Crippen molar-refractivity contribution in [2.24, 2.45) is 0 Å². The molecule has 1 aromatic carbocycles. The fourth-order valence-electron chi connectivity index (χ4n) is 3.35. The maximum absolute atomic E-state index is 11.6. The van der Waals surface area contributed by atoms with Crippen molar-refractivity contribution >= 4 is 17.3 Å². The highest BCUT2D eigenvalue weighted by Gasteiger charge is 2.20. The van der Waals surface area contributed by atoms with Gasteiger partial charge in [0.25, 0.3) is 0 Å². The van der Waals surface area contributed by atoms with E-state index < -0.39 is 0 Å². The van der Waals surface area contributed by atoms with E-state index in [-0.39, 0.29) is 12.4 Å². The summed E-state index contributed by atoms with van der Waals surface area (Å²) in [7, 11) is 0. The first-order valence-corrected chi connectivity index (χ1v) is 9.17. The number of hydrogen-bond donors (Lipinski definition) is 1. The van der Waals surface area contributed by atoms with Crippen molar-refractivity contribution < 1.29 is 13.9 Å². The molecule has 6 heteroatoms. The first kappa shape index (κ1) is 17.3. The Labute approximate surface area is 157 Å². The maximum atomic E-state index is 11.6. The Morgan fingerprint density at radius 3 is 2.85 bits per heavy atom. The number of anilines is 2. The standard InChI is InChI=1S/C21H21N3O3/c1-2-26-20(25)12-14-6-8-15(9-7-14)23-18-13-19(21-22-10-11-27-21)24-17-5-3-4-16(17)18/h6-11,13H,2-5,12H2,1H3,(H,23,24). The van der Waals surface area contributed by atoms with Gasteiger partial charge in [0.15, 0.2) is 0 Å². The second-order valence-electron chi connectivity index (χ2n) is 6.47. The highest BCUT2D eigenvalue weighted by Crippen LogP contribution is 2.33. The molecule has 1 aliphatic rings. The van der Waals surface area contributed by atoms with Gasteiger partial charge in [-0.1, -0.05) is 12.1 Å².